The average molecular weight is 165 g/mol. The molecule has 0 aliphatic rings. The fourth-order valence-corrected chi connectivity index (χ4v) is 0.420. The number of carbonyl (C=O) groups is 2. The Morgan fingerprint density at radius 2 is 2.10 bits per heavy atom. The predicted molar refractivity (Wildman–Crippen MR) is 36.7 cm³/mol. The maximum atomic E-state index is 10.3. The molecule has 0 bridgehead atoms. The van der Waals surface area contributed by atoms with Crippen LogP contribution in [0.25, 0.3) is 0 Å². The zero-order valence-electron chi connectivity index (χ0n) is 5.72. The van der Waals surface area contributed by atoms with Crippen LogP contribution in [0.1, 0.15) is 19.8 Å². The molecule has 0 saturated heterocycles. The molecule has 0 aromatic rings. The molecule has 0 aliphatic heterocycles. The molecule has 0 heterocycles. The summed E-state index contributed by atoms with van der Waals surface area (Å²) < 4.78 is 4.42. The van der Waals surface area contributed by atoms with Crippen LogP contribution in [-0.2, 0) is 14.3 Å². The van der Waals surface area contributed by atoms with Crippen molar-refractivity contribution in [3.8, 4) is 0 Å². The van der Waals surface area contributed by atoms with Gasteiger partial charge in [0.2, 0.25) is 0 Å². The van der Waals surface area contributed by atoms with Gasteiger partial charge in [0.25, 0.3) is 0 Å². The first-order chi connectivity index (χ1) is 4.68. The summed E-state index contributed by atoms with van der Waals surface area (Å²) in [6.45, 7) is 2.23. The fraction of sp³-hybridized carbons (Fsp3) is 0.667. The topological polar surface area (TPSA) is 43.4 Å². The Labute approximate surface area is 64.3 Å². The molecule has 0 N–H and O–H groups in total. The molecule has 0 rings (SSSR count). The molecule has 0 spiro atoms. The van der Waals surface area contributed by atoms with Gasteiger partial charge in [-0.25, -0.2) is 4.79 Å². The lowest BCUT2D eigenvalue weighted by Crippen LogP contribution is -2.12. The number of hydrogen-bond acceptors (Lipinski definition) is 3. The molecule has 0 aliphatic carbocycles. The van der Waals surface area contributed by atoms with Crippen molar-refractivity contribution in [2.24, 2.45) is 0 Å². The van der Waals surface area contributed by atoms with E-state index in [1.807, 2.05) is 6.92 Å². The molecule has 0 unspecified atom stereocenters. The van der Waals surface area contributed by atoms with Crippen LogP contribution in [-0.4, -0.2) is 17.8 Å². The number of hydrogen-bond donors (Lipinski definition) is 0. The first-order valence-corrected chi connectivity index (χ1v) is 3.43. The van der Waals surface area contributed by atoms with Crippen molar-refractivity contribution >= 4 is 22.8 Å². The van der Waals surface area contributed by atoms with Gasteiger partial charge in [-0.15, -0.1) is 0 Å². The Morgan fingerprint density at radius 1 is 1.50 bits per heavy atom. The third-order valence-electron chi connectivity index (χ3n) is 0.892. The maximum Gasteiger partial charge on any atom is 0.391 e. The molecule has 3 nitrogen and oxygen atoms in total. The van der Waals surface area contributed by atoms with Gasteiger partial charge in [0.1, 0.15) is 0 Å². The molecule has 4 heteroatoms. The number of carbonyl (C=O) groups excluding carboxylic acids is 2. The van der Waals surface area contributed by atoms with Crippen LogP contribution in [0.3, 0.4) is 0 Å². The zero-order valence-corrected chi connectivity index (χ0v) is 6.48. The van der Waals surface area contributed by atoms with Crippen LogP contribution in [0, 0.1) is 0 Å². The maximum absolute atomic E-state index is 10.3. The van der Waals surface area contributed by atoms with E-state index in [1.165, 1.54) is 0 Å². The molecule has 0 atom stereocenters. The van der Waals surface area contributed by atoms with Gasteiger partial charge < -0.3 is 4.74 Å². The summed E-state index contributed by atoms with van der Waals surface area (Å²) in [7, 11) is 0. The highest BCUT2D eigenvalue weighted by Gasteiger charge is 2.09. The van der Waals surface area contributed by atoms with E-state index in [0.717, 1.165) is 12.8 Å². The summed E-state index contributed by atoms with van der Waals surface area (Å²) in [5, 5.41) is -1.06. The Hall–Kier alpha value is -0.570. The Bertz CT molecular complexity index is 133. The third-order valence-corrected chi connectivity index (χ3v) is 1.05. The monoisotopic (exact) mass is 164 g/mol. The van der Waals surface area contributed by atoms with Crippen molar-refractivity contribution in [2.75, 3.05) is 6.61 Å². The lowest BCUT2D eigenvalue weighted by atomic mass is 10.4. The minimum absolute atomic E-state index is 0.272. The van der Waals surface area contributed by atoms with Crippen LogP contribution in [0.4, 0.5) is 0 Å². The van der Waals surface area contributed by atoms with Crippen LogP contribution in [0.5, 0.6) is 0 Å². The highest BCUT2D eigenvalue weighted by Crippen LogP contribution is 1.90. The minimum Gasteiger partial charge on any atom is -0.459 e. The van der Waals surface area contributed by atoms with Gasteiger partial charge in [-0.1, -0.05) is 13.3 Å². The van der Waals surface area contributed by atoms with Crippen molar-refractivity contribution < 1.29 is 14.3 Å². The van der Waals surface area contributed by atoms with Crippen LogP contribution in [0.2, 0.25) is 0 Å². The smallest absolute Gasteiger partial charge is 0.391 e. The molecule has 0 amide bonds. The van der Waals surface area contributed by atoms with E-state index in [9.17, 15) is 9.59 Å². The second kappa shape index (κ2) is 5.23. The summed E-state index contributed by atoms with van der Waals surface area (Å²) in [6, 6.07) is 0. The van der Waals surface area contributed by atoms with Gasteiger partial charge >= 0.3 is 11.2 Å². The standard InChI is InChI=1S/C6H9ClO3/c1-2-3-4-10-6(9)5(7)8/h2-4H2,1H3. The first kappa shape index (κ1) is 9.43. The minimum atomic E-state index is -1.06. The molecular weight excluding hydrogens is 156 g/mol. The van der Waals surface area contributed by atoms with E-state index in [2.05, 4.69) is 4.74 Å². The van der Waals surface area contributed by atoms with E-state index < -0.39 is 11.2 Å². The SMILES string of the molecule is CCCCOC(=O)C(=O)Cl. The van der Waals surface area contributed by atoms with Crippen molar-refractivity contribution in [1.82, 2.24) is 0 Å². The molecular formula is C6H9ClO3. The highest BCUT2D eigenvalue weighted by molar-refractivity contribution is 6.80. The van der Waals surface area contributed by atoms with Gasteiger partial charge in [-0.3, -0.25) is 4.79 Å². The van der Waals surface area contributed by atoms with Gasteiger partial charge in [-0.05, 0) is 18.0 Å². The summed E-state index contributed by atoms with van der Waals surface area (Å²) >= 11 is 4.79. The Balaban J connectivity index is 3.31. The van der Waals surface area contributed by atoms with E-state index in [0.29, 0.717) is 0 Å². The normalized spacial score (nSPS) is 9.00. The molecule has 0 aromatic carbocycles. The van der Waals surface area contributed by atoms with Crippen molar-refractivity contribution in [3.05, 3.63) is 0 Å². The molecule has 10 heavy (non-hydrogen) atoms. The quantitative estimate of drug-likeness (QED) is 0.271. The zero-order chi connectivity index (χ0) is 7.98. The van der Waals surface area contributed by atoms with Gasteiger partial charge in [0.05, 0.1) is 6.61 Å². The lowest BCUT2D eigenvalue weighted by Gasteiger charge is -1.97. The third kappa shape index (κ3) is 4.32. The summed E-state index contributed by atoms with van der Waals surface area (Å²) in [6.07, 6.45) is 1.68. The number of esters is 1. The summed E-state index contributed by atoms with van der Waals surface area (Å²) in [5.41, 5.74) is 0. The second-order valence-corrected chi connectivity index (χ2v) is 2.11. The molecule has 0 aromatic heterocycles. The van der Waals surface area contributed by atoms with Gasteiger partial charge in [0.15, 0.2) is 0 Å². The van der Waals surface area contributed by atoms with Crippen molar-refractivity contribution in [2.45, 2.75) is 19.8 Å². The molecule has 0 radical (unpaired) electrons. The summed E-state index contributed by atoms with van der Waals surface area (Å²) in [5.74, 6) is -0.963. The fourth-order valence-electron chi connectivity index (χ4n) is 0.366. The lowest BCUT2D eigenvalue weighted by molar-refractivity contribution is -0.150. The van der Waals surface area contributed by atoms with Crippen molar-refractivity contribution in [1.29, 1.82) is 0 Å². The Morgan fingerprint density at radius 3 is 2.50 bits per heavy atom. The number of rotatable bonds is 4. The van der Waals surface area contributed by atoms with Crippen LogP contribution < -0.4 is 0 Å². The van der Waals surface area contributed by atoms with E-state index in [1.54, 1.807) is 0 Å². The largest absolute Gasteiger partial charge is 0.459 e. The number of unbranched alkanes of at least 4 members (excludes halogenated alkanes) is 1. The van der Waals surface area contributed by atoms with E-state index in [4.69, 9.17) is 11.6 Å². The van der Waals surface area contributed by atoms with E-state index >= 15 is 0 Å². The average Bonchev–Trinajstić information content (AvgIpc) is 1.88. The Kier molecular flexibility index (Phi) is 4.94. The molecule has 0 fully saturated rings. The second-order valence-electron chi connectivity index (χ2n) is 1.76. The number of halogens is 1. The first-order valence-electron chi connectivity index (χ1n) is 3.05. The van der Waals surface area contributed by atoms with Crippen LogP contribution >= 0.6 is 11.6 Å². The summed E-state index contributed by atoms with van der Waals surface area (Å²) in [4.78, 5) is 20.3. The molecule has 0 saturated carbocycles. The van der Waals surface area contributed by atoms with Crippen LogP contribution in [0.15, 0.2) is 0 Å². The predicted octanol–water partition coefficient (Wildman–Crippen LogP) is 1.10. The van der Waals surface area contributed by atoms with Gasteiger partial charge in [0, 0.05) is 0 Å². The number of ether oxygens (including phenoxy) is 1. The van der Waals surface area contributed by atoms with Crippen molar-refractivity contribution in [3.63, 3.8) is 0 Å². The molecule has 58 valence electrons. The highest BCUT2D eigenvalue weighted by atomic mass is 35.5. The van der Waals surface area contributed by atoms with Gasteiger partial charge in [-0.2, -0.15) is 0 Å². The van der Waals surface area contributed by atoms with E-state index in [-0.39, 0.29) is 6.61 Å².